The van der Waals surface area contributed by atoms with E-state index in [4.69, 9.17) is 0 Å². The Morgan fingerprint density at radius 3 is 2.54 bits per heavy atom. The number of rotatable bonds is 7. The zero-order valence-corrected chi connectivity index (χ0v) is 13.7. The van der Waals surface area contributed by atoms with Gasteiger partial charge in [0.2, 0.25) is 5.91 Å². The average molecular weight is 328 g/mol. The molecule has 1 amide bonds. The monoisotopic (exact) mass is 328 g/mol. The molecule has 1 aromatic carbocycles. The summed E-state index contributed by atoms with van der Waals surface area (Å²) in [6, 6.07) is 10.2. The number of carbonyl (C=O) groups is 2. The van der Waals surface area contributed by atoms with E-state index in [1.807, 2.05) is 6.92 Å². The molecule has 0 bridgehead atoms. The summed E-state index contributed by atoms with van der Waals surface area (Å²) < 4.78 is 4.69. The third-order valence-corrected chi connectivity index (χ3v) is 3.25. The molecule has 24 heavy (non-hydrogen) atoms. The molecule has 0 aliphatic carbocycles. The Kier molecular flexibility index (Phi) is 6.24. The van der Waals surface area contributed by atoms with E-state index in [9.17, 15) is 9.59 Å². The van der Waals surface area contributed by atoms with E-state index in [0.717, 1.165) is 12.8 Å². The van der Waals surface area contributed by atoms with Gasteiger partial charge in [0.05, 0.1) is 12.7 Å². The molecule has 0 aliphatic rings. The number of methoxy groups -OCH3 is 1. The van der Waals surface area contributed by atoms with Gasteiger partial charge in [0.1, 0.15) is 0 Å². The predicted molar refractivity (Wildman–Crippen MR) is 91.3 cm³/mol. The van der Waals surface area contributed by atoms with Gasteiger partial charge in [0.15, 0.2) is 11.6 Å². The highest BCUT2D eigenvalue weighted by Crippen LogP contribution is 2.17. The van der Waals surface area contributed by atoms with E-state index in [1.54, 1.807) is 36.4 Å². The second-order valence-electron chi connectivity index (χ2n) is 5.15. The van der Waals surface area contributed by atoms with E-state index in [-0.39, 0.29) is 5.91 Å². The van der Waals surface area contributed by atoms with Crippen LogP contribution in [0.2, 0.25) is 0 Å². The Morgan fingerprint density at radius 1 is 1.12 bits per heavy atom. The van der Waals surface area contributed by atoms with Crippen LogP contribution in [0.4, 0.5) is 17.3 Å². The Hall–Kier alpha value is -2.96. The number of amides is 1. The van der Waals surface area contributed by atoms with Crippen molar-refractivity contribution in [2.24, 2.45) is 0 Å². The van der Waals surface area contributed by atoms with E-state index < -0.39 is 5.97 Å². The summed E-state index contributed by atoms with van der Waals surface area (Å²) >= 11 is 0. The van der Waals surface area contributed by atoms with Crippen molar-refractivity contribution >= 4 is 29.2 Å². The van der Waals surface area contributed by atoms with Gasteiger partial charge in [-0.15, -0.1) is 10.2 Å². The lowest BCUT2D eigenvalue weighted by Gasteiger charge is -2.08. The molecule has 0 spiro atoms. The maximum atomic E-state index is 11.6. The standard InChI is InChI=1S/C17H20N4O3/c1-3-4-8-16(22)19-15-10-9-14(20-21-15)18-13-7-5-6-12(11-13)17(23)24-2/h5-7,9-11H,3-4,8H2,1-2H3,(H,18,20)(H,19,21,22). The summed E-state index contributed by atoms with van der Waals surface area (Å²) in [4.78, 5) is 23.2. The molecular formula is C17H20N4O3. The number of nitrogens with one attached hydrogen (secondary N) is 2. The SMILES string of the molecule is CCCCC(=O)Nc1ccc(Nc2cccc(C(=O)OC)c2)nn1. The van der Waals surface area contributed by atoms with E-state index in [0.29, 0.717) is 29.3 Å². The smallest absolute Gasteiger partial charge is 0.337 e. The second kappa shape index (κ2) is 8.61. The number of unbranched alkanes of at least 4 members (excludes halogenated alkanes) is 1. The predicted octanol–water partition coefficient (Wildman–Crippen LogP) is 3.14. The molecule has 1 aromatic heterocycles. The van der Waals surface area contributed by atoms with Gasteiger partial charge in [-0.05, 0) is 36.8 Å². The first-order chi connectivity index (χ1) is 11.6. The van der Waals surface area contributed by atoms with Crippen molar-refractivity contribution in [1.29, 1.82) is 0 Å². The molecule has 0 atom stereocenters. The zero-order valence-electron chi connectivity index (χ0n) is 13.7. The largest absolute Gasteiger partial charge is 0.465 e. The number of carbonyl (C=O) groups excluding carboxylic acids is 2. The normalized spacial score (nSPS) is 10.1. The van der Waals surface area contributed by atoms with Crippen molar-refractivity contribution in [1.82, 2.24) is 10.2 Å². The molecular weight excluding hydrogens is 308 g/mol. The molecule has 0 aliphatic heterocycles. The first kappa shape index (κ1) is 17.4. The summed E-state index contributed by atoms with van der Waals surface area (Å²) in [5, 5.41) is 13.7. The number of nitrogens with zero attached hydrogens (tertiary/aromatic N) is 2. The van der Waals surface area contributed by atoms with Crippen molar-refractivity contribution in [2.45, 2.75) is 26.2 Å². The highest BCUT2D eigenvalue weighted by molar-refractivity contribution is 5.91. The lowest BCUT2D eigenvalue weighted by atomic mass is 10.2. The van der Waals surface area contributed by atoms with Crippen molar-refractivity contribution in [3.63, 3.8) is 0 Å². The van der Waals surface area contributed by atoms with Crippen LogP contribution >= 0.6 is 0 Å². The number of esters is 1. The van der Waals surface area contributed by atoms with Crippen LogP contribution in [0.1, 0.15) is 36.5 Å². The van der Waals surface area contributed by atoms with Crippen LogP contribution in [-0.4, -0.2) is 29.2 Å². The summed E-state index contributed by atoms with van der Waals surface area (Å²) in [5.41, 5.74) is 1.13. The van der Waals surface area contributed by atoms with Crippen LogP contribution in [0.5, 0.6) is 0 Å². The highest BCUT2D eigenvalue weighted by Gasteiger charge is 2.07. The Labute approximate surface area is 140 Å². The van der Waals surface area contributed by atoms with Crippen LogP contribution in [0, 0.1) is 0 Å². The van der Waals surface area contributed by atoms with Gasteiger partial charge in [-0.25, -0.2) is 4.79 Å². The number of hydrogen-bond donors (Lipinski definition) is 2. The number of anilines is 3. The molecule has 2 aromatic rings. The van der Waals surface area contributed by atoms with Gasteiger partial charge in [0, 0.05) is 12.1 Å². The number of benzene rings is 1. The van der Waals surface area contributed by atoms with Crippen molar-refractivity contribution < 1.29 is 14.3 Å². The molecule has 7 nitrogen and oxygen atoms in total. The molecule has 2 N–H and O–H groups in total. The molecule has 0 saturated heterocycles. The van der Waals surface area contributed by atoms with Gasteiger partial charge in [-0.3, -0.25) is 4.79 Å². The fraction of sp³-hybridized carbons (Fsp3) is 0.294. The van der Waals surface area contributed by atoms with Gasteiger partial charge in [-0.1, -0.05) is 19.4 Å². The molecule has 0 unspecified atom stereocenters. The molecule has 0 saturated carbocycles. The van der Waals surface area contributed by atoms with Crippen LogP contribution < -0.4 is 10.6 Å². The van der Waals surface area contributed by atoms with Crippen LogP contribution in [0.3, 0.4) is 0 Å². The number of aromatic nitrogens is 2. The summed E-state index contributed by atoms with van der Waals surface area (Å²) in [6.07, 6.45) is 2.28. The zero-order chi connectivity index (χ0) is 17.4. The van der Waals surface area contributed by atoms with Gasteiger partial charge in [-0.2, -0.15) is 0 Å². The second-order valence-corrected chi connectivity index (χ2v) is 5.15. The maximum Gasteiger partial charge on any atom is 0.337 e. The molecule has 7 heteroatoms. The topological polar surface area (TPSA) is 93.2 Å². The minimum absolute atomic E-state index is 0.0716. The van der Waals surface area contributed by atoms with E-state index >= 15 is 0 Å². The van der Waals surface area contributed by atoms with E-state index in [1.165, 1.54) is 7.11 Å². The minimum Gasteiger partial charge on any atom is -0.465 e. The summed E-state index contributed by atoms with van der Waals surface area (Å²) in [6.45, 7) is 2.03. The molecule has 0 fully saturated rings. The molecule has 126 valence electrons. The summed E-state index contributed by atoms with van der Waals surface area (Å²) in [7, 11) is 1.33. The van der Waals surface area contributed by atoms with E-state index in [2.05, 4.69) is 25.6 Å². The fourth-order valence-corrected chi connectivity index (χ4v) is 2.00. The van der Waals surface area contributed by atoms with Crippen LogP contribution in [0.25, 0.3) is 0 Å². The highest BCUT2D eigenvalue weighted by atomic mass is 16.5. The molecule has 1 heterocycles. The van der Waals surface area contributed by atoms with Gasteiger partial charge < -0.3 is 15.4 Å². The summed E-state index contributed by atoms with van der Waals surface area (Å²) in [5.74, 6) is 0.432. The molecule has 2 rings (SSSR count). The number of hydrogen-bond acceptors (Lipinski definition) is 6. The van der Waals surface area contributed by atoms with Gasteiger partial charge in [0.25, 0.3) is 0 Å². The van der Waals surface area contributed by atoms with Crippen molar-refractivity contribution in [3.05, 3.63) is 42.0 Å². The average Bonchev–Trinajstić information content (AvgIpc) is 2.61. The first-order valence-corrected chi connectivity index (χ1v) is 7.71. The van der Waals surface area contributed by atoms with Crippen LogP contribution in [0.15, 0.2) is 36.4 Å². The quantitative estimate of drug-likeness (QED) is 0.759. The van der Waals surface area contributed by atoms with Gasteiger partial charge >= 0.3 is 5.97 Å². The number of ether oxygens (including phenoxy) is 1. The third-order valence-electron chi connectivity index (χ3n) is 3.25. The minimum atomic E-state index is -0.408. The van der Waals surface area contributed by atoms with Crippen molar-refractivity contribution in [2.75, 3.05) is 17.7 Å². The maximum absolute atomic E-state index is 11.6. The van der Waals surface area contributed by atoms with Crippen molar-refractivity contribution in [3.8, 4) is 0 Å². The Bertz CT molecular complexity index is 701. The lowest BCUT2D eigenvalue weighted by Crippen LogP contribution is -2.12. The molecule has 0 radical (unpaired) electrons. The Balaban J connectivity index is 1.99. The fourth-order valence-electron chi connectivity index (χ4n) is 2.00. The van der Waals surface area contributed by atoms with Crippen LogP contribution in [-0.2, 0) is 9.53 Å². The Morgan fingerprint density at radius 2 is 1.88 bits per heavy atom. The lowest BCUT2D eigenvalue weighted by molar-refractivity contribution is -0.116. The first-order valence-electron chi connectivity index (χ1n) is 7.71. The third kappa shape index (κ3) is 5.05.